The van der Waals surface area contributed by atoms with Crippen LogP contribution in [-0.2, 0) is 12.8 Å². The molecule has 0 saturated carbocycles. The van der Waals surface area contributed by atoms with Gasteiger partial charge in [0.25, 0.3) is 11.5 Å². The average Bonchev–Trinajstić information content (AvgIpc) is 2.68. The lowest BCUT2D eigenvalue weighted by atomic mass is 10.0. The van der Waals surface area contributed by atoms with Crippen molar-refractivity contribution in [3.05, 3.63) is 68.6 Å². The van der Waals surface area contributed by atoms with Gasteiger partial charge in [-0.3, -0.25) is 9.59 Å². The lowest BCUT2D eigenvalue weighted by Gasteiger charge is -2.17. The van der Waals surface area contributed by atoms with Gasteiger partial charge < -0.3 is 5.32 Å². The fourth-order valence-electron chi connectivity index (χ4n) is 3.36. The number of rotatable bonds is 5. The first-order valence-corrected chi connectivity index (χ1v) is 9.89. The van der Waals surface area contributed by atoms with Gasteiger partial charge in [-0.2, -0.15) is 5.10 Å². The summed E-state index contributed by atoms with van der Waals surface area (Å²) in [4.78, 5) is 25.9. The number of nitrogens with one attached hydrogen (secondary N) is 1. The molecule has 0 radical (unpaired) electrons. The Bertz CT molecular complexity index is 1100. The molecule has 1 N–H and O–H groups in total. The summed E-state index contributed by atoms with van der Waals surface area (Å²) >= 11 is 6.36. The monoisotopic (exact) mass is 397 g/mol. The lowest BCUT2D eigenvalue weighted by Crippen LogP contribution is -2.29. The van der Waals surface area contributed by atoms with Crippen LogP contribution in [0, 0.1) is 0 Å². The second-order valence-corrected chi connectivity index (χ2v) is 7.37. The van der Waals surface area contributed by atoms with E-state index >= 15 is 0 Å². The Balaban J connectivity index is 2.17. The summed E-state index contributed by atoms with van der Waals surface area (Å²) in [7, 11) is 0. The van der Waals surface area contributed by atoms with Crippen molar-refractivity contribution >= 4 is 34.0 Å². The molecule has 3 rings (SSSR count). The summed E-state index contributed by atoms with van der Waals surface area (Å²) in [6.45, 7) is 7.77. The van der Waals surface area contributed by atoms with E-state index in [4.69, 9.17) is 11.6 Å². The number of benzene rings is 2. The maximum Gasteiger partial charge on any atom is 0.276 e. The van der Waals surface area contributed by atoms with E-state index in [2.05, 4.69) is 10.4 Å². The van der Waals surface area contributed by atoms with Crippen LogP contribution in [0.4, 0.5) is 5.69 Å². The molecule has 0 fully saturated rings. The van der Waals surface area contributed by atoms with Crippen LogP contribution in [0.15, 0.2) is 41.2 Å². The lowest BCUT2D eigenvalue weighted by molar-refractivity contribution is 0.102. The SMILES string of the molecule is CCc1ccc(Cl)c(CC)c1NC(=O)c1nn(C(C)C)c(=O)c2ccccc12. The smallest absolute Gasteiger partial charge is 0.276 e. The number of anilines is 1. The van der Waals surface area contributed by atoms with Gasteiger partial charge in [-0.05, 0) is 49.9 Å². The third kappa shape index (κ3) is 3.54. The second-order valence-electron chi connectivity index (χ2n) is 6.96. The van der Waals surface area contributed by atoms with Gasteiger partial charge in [-0.15, -0.1) is 0 Å². The Morgan fingerprint density at radius 1 is 1.11 bits per heavy atom. The standard InChI is InChI=1S/C22H24ClN3O2/c1-5-14-11-12-18(23)15(6-2)19(14)24-21(27)20-16-9-7-8-10-17(16)22(28)26(25-20)13(3)4/h7-13H,5-6H2,1-4H3,(H,24,27). The summed E-state index contributed by atoms with van der Waals surface area (Å²) in [5.74, 6) is -0.350. The van der Waals surface area contributed by atoms with Crippen molar-refractivity contribution in [2.24, 2.45) is 0 Å². The molecule has 0 aliphatic carbocycles. The van der Waals surface area contributed by atoms with Crippen molar-refractivity contribution in [3.8, 4) is 0 Å². The molecule has 0 bridgehead atoms. The number of carbonyl (C=O) groups is 1. The molecule has 5 nitrogen and oxygen atoms in total. The van der Waals surface area contributed by atoms with E-state index in [1.807, 2.05) is 39.8 Å². The van der Waals surface area contributed by atoms with E-state index < -0.39 is 0 Å². The van der Waals surface area contributed by atoms with Crippen LogP contribution in [0.1, 0.15) is 55.4 Å². The van der Waals surface area contributed by atoms with Gasteiger partial charge >= 0.3 is 0 Å². The van der Waals surface area contributed by atoms with Crippen molar-refractivity contribution < 1.29 is 4.79 Å². The Morgan fingerprint density at radius 2 is 1.79 bits per heavy atom. The first-order chi connectivity index (χ1) is 13.4. The van der Waals surface area contributed by atoms with Gasteiger partial charge in [0.05, 0.1) is 11.4 Å². The molecule has 1 aromatic heterocycles. The summed E-state index contributed by atoms with van der Waals surface area (Å²) < 4.78 is 1.36. The number of amides is 1. The molecule has 0 unspecified atom stereocenters. The summed E-state index contributed by atoms with van der Waals surface area (Å²) in [5, 5.41) is 9.05. The van der Waals surface area contributed by atoms with Gasteiger partial charge in [0, 0.05) is 16.1 Å². The zero-order chi connectivity index (χ0) is 20.4. The van der Waals surface area contributed by atoms with Crippen LogP contribution >= 0.6 is 11.6 Å². The molecule has 0 saturated heterocycles. The predicted molar refractivity (Wildman–Crippen MR) is 115 cm³/mol. The minimum atomic E-state index is -0.350. The number of hydrogen-bond acceptors (Lipinski definition) is 3. The number of aromatic nitrogens is 2. The van der Waals surface area contributed by atoms with Crippen LogP contribution in [-0.4, -0.2) is 15.7 Å². The number of halogens is 1. The first kappa shape index (κ1) is 20.1. The zero-order valence-electron chi connectivity index (χ0n) is 16.5. The molecule has 1 heterocycles. The van der Waals surface area contributed by atoms with E-state index in [0.717, 1.165) is 23.2 Å². The predicted octanol–water partition coefficient (Wildman–Crippen LogP) is 5.01. The molecule has 28 heavy (non-hydrogen) atoms. The minimum absolute atomic E-state index is 0.160. The summed E-state index contributed by atoms with van der Waals surface area (Å²) in [6.07, 6.45) is 1.46. The highest BCUT2D eigenvalue weighted by Crippen LogP contribution is 2.30. The minimum Gasteiger partial charge on any atom is -0.320 e. The van der Waals surface area contributed by atoms with Crippen LogP contribution in [0.5, 0.6) is 0 Å². The molecule has 0 atom stereocenters. The number of hydrogen-bond donors (Lipinski definition) is 1. The van der Waals surface area contributed by atoms with Gasteiger partial charge in [0.2, 0.25) is 0 Å². The molecule has 6 heteroatoms. The molecular weight excluding hydrogens is 374 g/mol. The van der Waals surface area contributed by atoms with Gasteiger partial charge in [0.15, 0.2) is 5.69 Å². The molecule has 1 amide bonds. The molecule has 0 aliphatic rings. The Labute approximate surface area is 169 Å². The number of fused-ring (bicyclic) bond motifs is 1. The second kappa shape index (κ2) is 8.15. The molecule has 0 spiro atoms. The maximum absolute atomic E-state index is 13.2. The van der Waals surface area contributed by atoms with Crippen LogP contribution in [0.2, 0.25) is 5.02 Å². The van der Waals surface area contributed by atoms with Crippen molar-refractivity contribution in [2.45, 2.75) is 46.6 Å². The molecule has 0 aliphatic heterocycles. The van der Waals surface area contributed by atoms with E-state index in [0.29, 0.717) is 22.2 Å². The highest BCUT2D eigenvalue weighted by Gasteiger charge is 2.20. The van der Waals surface area contributed by atoms with Crippen molar-refractivity contribution in [1.29, 1.82) is 0 Å². The fourth-order valence-corrected chi connectivity index (χ4v) is 3.65. The normalized spacial score (nSPS) is 11.2. The average molecular weight is 398 g/mol. The van der Waals surface area contributed by atoms with Crippen LogP contribution in [0.25, 0.3) is 10.8 Å². The first-order valence-electron chi connectivity index (χ1n) is 9.52. The quantitative estimate of drug-likeness (QED) is 0.658. The van der Waals surface area contributed by atoms with Crippen molar-refractivity contribution in [1.82, 2.24) is 9.78 Å². The Kier molecular flexibility index (Phi) is 5.84. The third-order valence-corrected chi connectivity index (χ3v) is 5.20. The third-order valence-electron chi connectivity index (χ3n) is 4.85. The van der Waals surface area contributed by atoms with E-state index in [9.17, 15) is 9.59 Å². The van der Waals surface area contributed by atoms with Crippen LogP contribution in [0.3, 0.4) is 0 Å². The maximum atomic E-state index is 13.2. The molecular formula is C22H24ClN3O2. The number of aryl methyl sites for hydroxylation is 1. The van der Waals surface area contributed by atoms with E-state index in [-0.39, 0.29) is 23.2 Å². The molecule has 146 valence electrons. The summed E-state index contributed by atoms with van der Waals surface area (Å²) in [6, 6.07) is 10.7. The van der Waals surface area contributed by atoms with Gasteiger partial charge in [-0.1, -0.05) is 49.7 Å². The molecule has 2 aromatic carbocycles. The van der Waals surface area contributed by atoms with E-state index in [1.54, 1.807) is 24.3 Å². The fraction of sp³-hybridized carbons (Fsp3) is 0.318. The van der Waals surface area contributed by atoms with Gasteiger partial charge in [-0.25, -0.2) is 4.68 Å². The van der Waals surface area contributed by atoms with Crippen molar-refractivity contribution in [2.75, 3.05) is 5.32 Å². The highest BCUT2D eigenvalue weighted by atomic mass is 35.5. The van der Waals surface area contributed by atoms with Crippen molar-refractivity contribution in [3.63, 3.8) is 0 Å². The number of carbonyl (C=O) groups excluding carboxylic acids is 1. The highest BCUT2D eigenvalue weighted by molar-refractivity contribution is 6.32. The number of nitrogens with zero attached hydrogens (tertiary/aromatic N) is 2. The Morgan fingerprint density at radius 3 is 2.39 bits per heavy atom. The Hall–Kier alpha value is -2.66. The topological polar surface area (TPSA) is 64.0 Å². The molecule has 3 aromatic rings. The van der Waals surface area contributed by atoms with E-state index in [1.165, 1.54) is 4.68 Å². The van der Waals surface area contributed by atoms with Crippen LogP contribution < -0.4 is 10.9 Å². The zero-order valence-corrected chi connectivity index (χ0v) is 17.3. The summed E-state index contributed by atoms with van der Waals surface area (Å²) in [5.41, 5.74) is 2.67. The largest absolute Gasteiger partial charge is 0.320 e. The van der Waals surface area contributed by atoms with Gasteiger partial charge in [0.1, 0.15) is 0 Å².